The van der Waals surface area contributed by atoms with Gasteiger partial charge in [-0.1, -0.05) is 18.2 Å². The van der Waals surface area contributed by atoms with Crippen LogP contribution in [0.2, 0.25) is 0 Å². The first-order valence-electron chi connectivity index (χ1n) is 9.92. The third-order valence-corrected chi connectivity index (χ3v) is 5.04. The minimum absolute atomic E-state index is 0.0327. The molecule has 1 aliphatic heterocycles. The number of furan rings is 1. The summed E-state index contributed by atoms with van der Waals surface area (Å²) < 4.78 is 11.6. The molecule has 4 rings (SSSR count). The van der Waals surface area contributed by atoms with Crippen molar-refractivity contribution in [2.45, 2.75) is 38.6 Å². The molecule has 0 spiro atoms. The molecule has 0 fully saturated rings. The van der Waals surface area contributed by atoms with Gasteiger partial charge in [0.1, 0.15) is 17.1 Å². The van der Waals surface area contributed by atoms with Gasteiger partial charge in [0.25, 0.3) is 0 Å². The van der Waals surface area contributed by atoms with Crippen LogP contribution in [0.4, 0.5) is 5.69 Å². The Balaban J connectivity index is 1.22. The van der Waals surface area contributed by atoms with Crippen molar-refractivity contribution in [2.75, 3.05) is 11.9 Å². The lowest BCUT2D eigenvalue weighted by Gasteiger charge is -2.17. The van der Waals surface area contributed by atoms with Crippen LogP contribution in [0.25, 0.3) is 11.0 Å². The molecule has 0 saturated carbocycles. The number of anilines is 1. The van der Waals surface area contributed by atoms with Gasteiger partial charge >= 0.3 is 0 Å². The molecule has 3 aromatic rings. The Labute approximate surface area is 169 Å². The number of rotatable bonds is 7. The highest BCUT2D eigenvalue weighted by Crippen LogP contribution is 2.27. The fraction of sp³-hybridized carbons (Fsp3) is 0.304. The van der Waals surface area contributed by atoms with E-state index in [1.54, 1.807) is 0 Å². The van der Waals surface area contributed by atoms with Crippen molar-refractivity contribution in [3.63, 3.8) is 0 Å². The Morgan fingerprint density at radius 1 is 1.21 bits per heavy atom. The van der Waals surface area contributed by atoms with E-state index in [1.165, 1.54) is 0 Å². The average Bonchev–Trinajstić information content (AvgIpc) is 3.16. The molecule has 29 heavy (non-hydrogen) atoms. The van der Waals surface area contributed by atoms with E-state index in [4.69, 9.17) is 9.15 Å². The summed E-state index contributed by atoms with van der Waals surface area (Å²) in [5, 5.41) is 6.86. The van der Waals surface area contributed by atoms with Gasteiger partial charge in [-0.2, -0.15) is 0 Å². The first-order chi connectivity index (χ1) is 14.1. The molecule has 2 amide bonds. The molecule has 6 heteroatoms. The van der Waals surface area contributed by atoms with Gasteiger partial charge in [0.2, 0.25) is 11.8 Å². The minimum atomic E-state index is -0.188. The third kappa shape index (κ3) is 4.59. The summed E-state index contributed by atoms with van der Waals surface area (Å²) in [6.07, 6.45) is 2.22. The van der Waals surface area contributed by atoms with Crippen molar-refractivity contribution in [3.8, 4) is 5.75 Å². The number of aryl methyl sites for hydroxylation is 1. The molecule has 1 aliphatic rings. The van der Waals surface area contributed by atoms with Crippen molar-refractivity contribution >= 4 is 28.5 Å². The van der Waals surface area contributed by atoms with Gasteiger partial charge in [-0.25, -0.2) is 0 Å². The topological polar surface area (TPSA) is 80.6 Å². The Morgan fingerprint density at radius 3 is 2.93 bits per heavy atom. The van der Waals surface area contributed by atoms with Gasteiger partial charge in [0, 0.05) is 23.9 Å². The molecule has 2 N–H and O–H groups in total. The average molecular weight is 392 g/mol. The van der Waals surface area contributed by atoms with Crippen molar-refractivity contribution in [1.29, 1.82) is 0 Å². The fourth-order valence-corrected chi connectivity index (χ4v) is 3.47. The van der Waals surface area contributed by atoms with Crippen LogP contribution in [0.1, 0.15) is 43.6 Å². The van der Waals surface area contributed by atoms with Crippen LogP contribution in [-0.4, -0.2) is 18.4 Å². The molecule has 1 unspecified atom stereocenters. The van der Waals surface area contributed by atoms with E-state index in [0.29, 0.717) is 25.9 Å². The number of hydrogen-bond donors (Lipinski definition) is 2. The number of nitrogens with one attached hydrogen (secondary N) is 2. The predicted molar refractivity (Wildman–Crippen MR) is 111 cm³/mol. The SMILES string of the molecule is CC(NC(=O)CCCOc1ccc2c(c1)CCC(=O)N2)c1cc2ccccc2o1. The summed E-state index contributed by atoms with van der Waals surface area (Å²) in [5.74, 6) is 1.52. The van der Waals surface area contributed by atoms with Gasteiger partial charge in [-0.05, 0) is 55.7 Å². The normalized spacial score (nSPS) is 14.2. The molecule has 2 aromatic carbocycles. The van der Waals surface area contributed by atoms with Crippen LogP contribution in [0.5, 0.6) is 5.75 Å². The Hall–Kier alpha value is -3.28. The first kappa shape index (κ1) is 19.1. The van der Waals surface area contributed by atoms with E-state index in [2.05, 4.69) is 10.6 Å². The van der Waals surface area contributed by atoms with Crippen molar-refractivity contribution in [3.05, 3.63) is 59.9 Å². The number of carbonyl (C=O) groups is 2. The Bertz CT molecular complexity index is 1010. The lowest BCUT2D eigenvalue weighted by molar-refractivity contribution is -0.122. The van der Waals surface area contributed by atoms with Crippen LogP contribution in [-0.2, 0) is 16.0 Å². The zero-order valence-corrected chi connectivity index (χ0v) is 16.4. The standard InChI is InChI=1S/C23H24N2O4/c1-15(21-14-17-5-2-3-6-20(17)29-21)24-22(26)7-4-12-28-18-9-10-19-16(13-18)8-11-23(27)25-19/h2-3,5-6,9-10,13-15H,4,7-8,11-12H2,1H3,(H,24,26)(H,25,27). The van der Waals surface area contributed by atoms with Gasteiger partial charge < -0.3 is 19.8 Å². The molecule has 6 nitrogen and oxygen atoms in total. The highest BCUT2D eigenvalue weighted by Gasteiger charge is 2.16. The molecule has 1 aromatic heterocycles. The molecular weight excluding hydrogens is 368 g/mol. The van der Waals surface area contributed by atoms with Crippen molar-refractivity contribution in [1.82, 2.24) is 5.32 Å². The lowest BCUT2D eigenvalue weighted by atomic mass is 10.0. The Morgan fingerprint density at radius 2 is 2.07 bits per heavy atom. The van der Waals surface area contributed by atoms with E-state index in [-0.39, 0.29) is 17.9 Å². The van der Waals surface area contributed by atoms with Gasteiger partial charge in [-0.15, -0.1) is 0 Å². The van der Waals surface area contributed by atoms with E-state index in [1.807, 2.05) is 55.5 Å². The van der Waals surface area contributed by atoms with E-state index >= 15 is 0 Å². The van der Waals surface area contributed by atoms with Crippen molar-refractivity contribution in [2.24, 2.45) is 0 Å². The minimum Gasteiger partial charge on any atom is -0.494 e. The lowest BCUT2D eigenvalue weighted by Crippen LogP contribution is -2.26. The van der Waals surface area contributed by atoms with Gasteiger partial charge in [0.15, 0.2) is 0 Å². The summed E-state index contributed by atoms with van der Waals surface area (Å²) in [5.41, 5.74) is 2.76. The number of ether oxygens (including phenoxy) is 1. The third-order valence-electron chi connectivity index (χ3n) is 5.04. The number of hydrogen-bond acceptors (Lipinski definition) is 4. The van der Waals surface area contributed by atoms with Gasteiger partial charge in [-0.3, -0.25) is 9.59 Å². The zero-order chi connectivity index (χ0) is 20.2. The maximum atomic E-state index is 12.2. The van der Waals surface area contributed by atoms with E-state index in [0.717, 1.165) is 40.2 Å². The molecule has 0 saturated heterocycles. The van der Waals surface area contributed by atoms with Crippen molar-refractivity contribution < 1.29 is 18.7 Å². The second-order valence-corrected chi connectivity index (χ2v) is 7.29. The van der Waals surface area contributed by atoms with E-state index < -0.39 is 0 Å². The summed E-state index contributed by atoms with van der Waals surface area (Å²) in [6.45, 7) is 2.37. The molecule has 2 heterocycles. The number of fused-ring (bicyclic) bond motifs is 2. The molecular formula is C23H24N2O4. The van der Waals surface area contributed by atoms with Crippen LogP contribution in [0, 0.1) is 0 Å². The highest BCUT2D eigenvalue weighted by molar-refractivity contribution is 5.94. The maximum Gasteiger partial charge on any atom is 0.224 e. The van der Waals surface area contributed by atoms with Crippen LogP contribution in [0.3, 0.4) is 0 Å². The number of amides is 2. The molecule has 150 valence electrons. The fourth-order valence-electron chi connectivity index (χ4n) is 3.47. The number of carbonyl (C=O) groups excluding carboxylic acids is 2. The van der Waals surface area contributed by atoms with Crippen LogP contribution < -0.4 is 15.4 Å². The van der Waals surface area contributed by atoms with Crippen LogP contribution >= 0.6 is 0 Å². The molecule has 0 bridgehead atoms. The maximum absolute atomic E-state index is 12.2. The number of para-hydroxylation sites is 1. The second-order valence-electron chi connectivity index (χ2n) is 7.29. The smallest absolute Gasteiger partial charge is 0.224 e. The van der Waals surface area contributed by atoms with Gasteiger partial charge in [0.05, 0.1) is 12.6 Å². The predicted octanol–water partition coefficient (Wildman–Crippen LogP) is 4.35. The second kappa shape index (κ2) is 8.39. The summed E-state index contributed by atoms with van der Waals surface area (Å²) in [7, 11) is 0. The quantitative estimate of drug-likeness (QED) is 0.586. The van der Waals surface area contributed by atoms with E-state index in [9.17, 15) is 9.59 Å². The Kier molecular flexibility index (Phi) is 5.51. The molecule has 0 aliphatic carbocycles. The highest BCUT2D eigenvalue weighted by atomic mass is 16.5. The molecule has 0 radical (unpaired) electrons. The summed E-state index contributed by atoms with van der Waals surface area (Å²) in [6, 6.07) is 15.2. The molecule has 1 atom stereocenters. The monoisotopic (exact) mass is 392 g/mol. The number of benzene rings is 2. The summed E-state index contributed by atoms with van der Waals surface area (Å²) in [4.78, 5) is 23.6. The zero-order valence-electron chi connectivity index (χ0n) is 16.4. The largest absolute Gasteiger partial charge is 0.494 e. The van der Waals surface area contributed by atoms with Crippen LogP contribution in [0.15, 0.2) is 52.9 Å². The summed E-state index contributed by atoms with van der Waals surface area (Å²) >= 11 is 0. The first-order valence-corrected chi connectivity index (χ1v) is 9.92.